The summed E-state index contributed by atoms with van der Waals surface area (Å²) in [6, 6.07) is 3.59. The molecule has 6 nitrogen and oxygen atoms in total. The van der Waals surface area contributed by atoms with Crippen LogP contribution in [0.1, 0.15) is 55.4 Å². The van der Waals surface area contributed by atoms with E-state index < -0.39 is 15.2 Å². The second-order valence-electron chi connectivity index (χ2n) is 7.96. The molecule has 0 bridgehead atoms. The molecule has 2 heterocycles. The summed E-state index contributed by atoms with van der Waals surface area (Å²) in [5.41, 5.74) is 0. The lowest BCUT2D eigenvalue weighted by Crippen LogP contribution is -2.17. The second-order valence-corrected chi connectivity index (χ2v) is 16.3. The highest BCUT2D eigenvalue weighted by molar-refractivity contribution is 8.77. The standard InChI is InChI=1S/C20H32O6P2S4/c1-13(2)23-27(21,24-14(3)4)17-9-11-29-19(17)31-32-20-18(10-12-30-20)28(22,25-15(5)6)26-16(7)8/h9-16H,1-8H3. The van der Waals surface area contributed by atoms with E-state index in [9.17, 15) is 9.13 Å². The van der Waals surface area contributed by atoms with Crippen LogP contribution in [-0.2, 0) is 27.2 Å². The van der Waals surface area contributed by atoms with Gasteiger partial charge in [0.1, 0.15) is 0 Å². The molecule has 0 aliphatic rings. The van der Waals surface area contributed by atoms with Crippen molar-refractivity contribution in [2.45, 2.75) is 88.2 Å². The molecule has 182 valence electrons. The van der Waals surface area contributed by atoms with E-state index in [-0.39, 0.29) is 24.4 Å². The monoisotopic (exact) mass is 558 g/mol. The highest BCUT2D eigenvalue weighted by Crippen LogP contribution is 2.56. The molecule has 0 unspecified atom stereocenters. The molecule has 0 N–H and O–H groups in total. The van der Waals surface area contributed by atoms with E-state index in [2.05, 4.69) is 0 Å². The topological polar surface area (TPSA) is 71.1 Å². The highest BCUT2D eigenvalue weighted by atomic mass is 33.1. The average molecular weight is 559 g/mol. The zero-order valence-electron chi connectivity index (χ0n) is 19.6. The van der Waals surface area contributed by atoms with Gasteiger partial charge in [-0.1, -0.05) is 0 Å². The van der Waals surface area contributed by atoms with Crippen LogP contribution < -0.4 is 10.6 Å². The van der Waals surface area contributed by atoms with Gasteiger partial charge in [-0.05, 0) is 99.9 Å². The van der Waals surface area contributed by atoms with Crippen molar-refractivity contribution in [2.24, 2.45) is 0 Å². The van der Waals surface area contributed by atoms with Crippen molar-refractivity contribution < 1.29 is 27.2 Å². The predicted octanol–water partition coefficient (Wildman–Crippen LogP) is 7.95. The Kier molecular flexibility index (Phi) is 11.1. The van der Waals surface area contributed by atoms with Crippen LogP contribution in [0.15, 0.2) is 31.3 Å². The zero-order valence-corrected chi connectivity index (χ0v) is 24.7. The molecule has 0 atom stereocenters. The van der Waals surface area contributed by atoms with Gasteiger partial charge in [-0.3, -0.25) is 9.13 Å². The molecular formula is C20H32O6P2S4. The van der Waals surface area contributed by atoms with Crippen molar-refractivity contribution in [3.05, 3.63) is 22.9 Å². The van der Waals surface area contributed by atoms with Crippen LogP contribution >= 0.6 is 59.5 Å². The Bertz CT molecular complexity index is 849. The minimum absolute atomic E-state index is 0.249. The molecular weight excluding hydrogens is 526 g/mol. The van der Waals surface area contributed by atoms with Crippen LogP contribution in [0.5, 0.6) is 0 Å². The quantitative estimate of drug-likeness (QED) is 0.181. The summed E-state index contributed by atoms with van der Waals surface area (Å²) < 4.78 is 51.9. The third-order valence-electron chi connectivity index (χ3n) is 3.40. The summed E-state index contributed by atoms with van der Waals surface area (Å²) in [6.07, 6.45) is -0.996. The Hall–Kier alpha value is 0.400. The zero-order chi connectivity index (χ0) is 24.1. The molecule has 32 heavy (non-hydrogen) atoms. The van der Waals surface area contributed by atoms with E-state index in [0.29, 0.717) is 10.6 Å². The maximum absolute atomic E-state index is 13.6. The summed E-state index contributed by atoms with van der Waals surface area (Å²) in [7, 11) is -4.09. The van der Waals surface area contributed by atoms with Crippen molar-refractivity contribution >= 4 is 70.1 Å². The fourth-order valence-corrected chi connectivity index (χ4v) is 13.3. The minimum Gasteiger partial charge on any atom is -0.302 e. The van der Waals surface area contributed by atoms with Gasteiger partial charge in [0.05, 0.1) is 43.4 Å². The van der Waals surface area contributed by atoms with Gasteiger partial charge in [-0.2, -0.15) is 0 Å². The Labute approximate surface area is 207 Å². The Morgan fingerprint density at radius 3 is 1.16 bits per heavy atom. The third-order valence-corrected chi connectivity index (χ3v) is 13.9. The lowest BCUT2D eigenvalue weighted by Gasteiger charge is -2.23. The van der Waals surface area contributed by atoms with E-state index in [1.165, 1.54) is 44.3 Å². The summed E-state index contributed by atoms with van der Waals surface area (Å²) in [5, 5.41) is 4.87. The summed E-state index contributed by atoms with van der Waals surface area (Å²) >= 11 is 2.94. The summed E-state index contributed by atoms with van der Waals surface area (Å²) in [6.45, 7) is 14.7. The van der Waals surface area contributed by atoms with Crippen molar-refractivity contribution in [1.82, 2.24) is 0 Å². The third kappa shape index (κ3) is 7.98. The fourth-order valence-electron chi connectivity index (χ4n) is 2.57. The van der Waals surface area contributed by atoms with Crippen LogP contribution in [0, 0.1) is 0 Å². The Morgan fingerprint density at radius 2 is 0.906 bits per heavy atom. The van der Waals surface area contributed by atoms with Crippen LogP contribution in [0.25, 0.3) is 0 Å². The van der Waals surface area contributed by atoms with Gasteiger partial charge in [0, 0.05) is 0 Å². The number of hydrogen-bond donors (Lipinski definition) is 0. The van der Waals surface area contributed by atoms with E-state index in [1.807, 2.05) is 66.2 Å². The number of rotatable bonds is 13. The first-order valence-corrected chi connectivity index (χ1v) is 17.3. The van der Waals surface area contributed by atoms with E-state index in [4.69, 9.17) is 18.1 Å². The first-order valence-electron chi connectivity index (χ1n) is 10.3. The van der Waals surface area contributed by atoms with Gasteiger partial charge >= 0.3 is 15.2 Å². The number of hydrogen-bond acceptors (Lipinski definition) is 10. The van der Waals surface area contributed by atoms with Crippen LogP contribution in [0.3, 0.4) is 0 Å². The fraction of sp³-hybridized carbons (Fsp3) is 0.600. The largest absolute Gasteiger partial charge is 0.363 e. The Balaban J connectivity index is 2.31. The molecule has 0 saturated carbocycles. The van der Waals surface area contributed by atoms with Gasteiger partial charge < -0.3 is 18.1 Å². The minimum atomic E-state index is -3.49. The molecule has 0 amide bonds. The highest BCUT2D eigenvalue weighted by Gasteiger charge is 2.36. The molecule has 0 saturated heterocycles. The lowest BCUT2D eigenvalue weighted by molar-refractivity contribution is 0.148. The molecule has 12 heteroatoms. The smallest absolute Gasteiger partial charge is 0.302 e. The summed E-state index contributed by atoms with van der Waals surface area (Å²) in [5.74, 6) is 0. The normalized spacial score (nSPS) is 13.2. The second kappa shape index (κ2) is 12.4. The van der Waals surface area contributed by atoms with Gasteiger partial charge in [0.15, 0.2) is 0 Å². The van der Waals surface area contributed by atoms with Crippen LogP contribution in [0.2, 0.25) is 0 Å². The lowest BCUT2D eigenvalue weighted by atomic mass is 10.5. The average Bonchev–Trinajstić information content (AvgIpc) is 3.26. The molecule has 2 aromatic rings. The molecule has 2 aromatic heterocycles. The van der Waals surface area contributed by atoms with Crippen molar-refractivity contribution in [2.75, 3.05) is 0 Å². The van der Waals surface area contributed by atoms with Gasteiger partial charge in [-0.15, -0.1) is 22.7 Å². The van der Waals surface area contributed by atoms with Crippen LogP contribution in [-0.4, -0.2) is 24.4 Å². The molecule has 0 aromatic carbocycles. The first-order chi connectivity index (χ1) is 14.9. The van der Waals surface area contributed by atoms with Gasteiger partial charge in [0.2, 0.25) is 0 Å². The summed E-state index contributed by atoms with van der Waals surface area (Å²) in [4.78, 5) is 0. The van der Waals surface area contributed by atoms with E-state index >= 15 is 0 Å². The Morgan fingerprint density at radius 1 is 0.625 bits per heavy atom. The molecule has 0 fully saturated rings. The molecule has 0 aliphatic heterocycles. The van der Waals surface area contributed by atoms with Crippen LogP contribution in [0.4, 0.5) is 0 Å². The molecule has 0 spiro atoms. The molecule has 2 rings (SSSR count). The van der Waals surface area contributed by atoms with Crippen molar-refractivity contribution in [3.8, 4) is 0 Å². The maximum Gasteiger partial charge on any atom is 0.363 e. The van der Waals surface area contributed by atoms with Crippen molar-refractivity contribution in [1.29, 1.82) is 0 Å². The maximum atomic E-state index is 13.6. The van der Waals surface area contributed by atoms with E-state index in [0.717, 1.165) is 8.42 Å². The SMILES string of the molecule is CC(C)OP(=O)(OC(C)C)c1ccsc1SSc1sccc1P(=O)(OC(C)C)OC(C)C. The molecule has 0 aliphatic carbocycles. The molecule has 0 radical (unpaired) electrons. The predicted molar refractivity (Wildman–Crippen MR) is 140 cm³/mol. The van der Waals surface area contributed by atoms with Gasteiger partial charge in [-0.25, -0.2) is 0 Å². The van der Waals surface area contributed by atoms with Crippen molar-refractivity contribution in [3.63, 3.8) is 0 Å². The van der Waals surface area contributed by atoms with E-state index in [1.54, 1.807) is 12.1 Å². The first kappa shape index (κ1) is 28.6. The number of thiophene rings is 2. The van der Waals surface area contributed by atoms with Gasteiger partial charge in [0.25, 0.3) is 0 Å².